The molecule has 1 aliphatic carbocycles. The summed E-state index contributed by atoms with van der Waals surface area (Å²) in [5.41, 5.74) is 2.77. The highest BCUT2D eigenvalue weighted by atomic mass is 15.2. The molecule has 0 aromatic carbocycles. The molecule has 0 saturated heterocycles. The van der Waals surface area contributed by atoms with Gasteiger partial charge in [-0.1, -0.05) is 0 Å². The summed E-state index contributed by atoms with van der Waals surface area (Å²) >= 11 is 0. The van der Waals surface area contributed by atoms with E-state index in [9.17, 15) is 0 Å². The fourth-order valence-corrected chi connectivity index (χ4v) is 1.65. The number of rotatable bonds is 5. The van der Waals surface area contributed by atoms with Gasteiger partial charge >= 0.3 is 0 Å². The van der Waals surface area contributed by atoms with Gasteiger partial charge in [-0.15, -0.1) is 0 Å². The minimum atomic E-state index is 1.10. The van der Waals surface area contributed by atoms with Gasteiger partial charge in [0, 0.05) is 38.6 Å². The van der Waals surface area contributed by atoms with Gasteiger partial charge in [0.15, 0.2) is 0 Å². The Kier molecular flexibility index (Phi) is 4.69. The van der Waals surface area contributed by atoms with Gasteiger partial charge in [0.1, 0.15) is 0 Å². The zero-order valence-corrected chi connectivity index (χ0v) is 10.4. The van der Waals surface area contributed by atoms with Gasteiger partial charge < -0.3 is 15.1 Å². The van der Waals surface area contributed by atoms with Crippen LogP contribution in [0.4, 0.5) is 0 Å². The number of allylic oxidation sites excluding steroid dienone is 4. The van der Waals surface area contributed by atoms with Crippen LogP contribution < -0.4 is 5.32 Å². The predicted octanol–water partition coefficient (Wildman–Crippen LogP) is 1.26. The van der Waals surface area contributed by atoms with E-state index in [-0.39, 0.29) is 0 Å². The summed E-state index contributed by atoms with van der Waals surface area (Å²) in [6.45, 7) is 2.21. The van der Waals surface area contributed by atoms with E-state index in [0.29, 0.717) is 0 Å². The fraction of sp³-hybridized carbons (Fsp3) is 0.667. The highest BCUT2D eigenvalue weighted by molar-refractivity contribution is 5.22. The SMILES string of the molecule is CNC1=CC=C(N(C)CCN(C)C)CC1. The molecule has 1 N–H and O–H groups in total. The Morgan fingerprint density at radius 3 is 2.33 bits per heavy atom. The molecule has 0 aromatic heterocycles. The summed E-state index contributed by atoms with van der Waals surface area (Å²) in [5.74, 6) is 0. The van der Waals surface area contributed by atoms with Crippen LogP contribution in [0.2, 0.25) is 0 Å². The molecule has 0 fully saturated rings. The second-order valence-corrected chi connectivity index (χ2v) is 4.32. The first-order chi connectivity index (χ1) is 7.13. The summed E-state index contributed by atoms with van der Waals surface area (Å²) in [7, 11) is 8.39. The van der Waals surface area contributed by atoms with E-state index in [1.807, 2.05) is 7.05 Å². The highest BCUT2D eigenvalue weighted by Gasteiger charge is 2.09. The van der Waals surface area contributed by atoms with Crippen LogP contribution >= 0.6 is 0 Å². The van der Waals surface area contributed by atoms with Gasteiger partial charge in [-0.05, 0) is 39.1 Å². The van der Waals surface area contributed by atoms with E-state index in [0.717, 1.165) is 25.9 Å². The number of likely N-dealkylation sites (N-methyl/N-ethyl adjacent to an activating group) is 2. The van der Waals surface area contributed by atoms with E-state index in [2.05, 4.69) is 48.4 Å². The van der Waals surface area contributed by atoms with Gasteiger partial charge in [-0.25, -0.2) is 0 Å². The van der Waals surface area contributed by atoms with Crippen LogP contribution in [0.5, 0.6) is 0 Å². The molecule has 0 heterocycles. The van der Waals surface area contributed by atoms with Gasteiger partial charge in [0.2, 0.25) is 0 Å². The normalized spacial score (nSPS) is 16.1. The Bertz CT molecular complexity index is 254. The molecular weight excluding hydrogens is 186 g/mol. The van der Waals surface area contributed by atoms with Gasteiger partial charge in [0.05, 0.1) is 0 Å². The third kappa shape index (κ3) is 3.96. The second-order valence-electron chi connectivity index (χ2n) is 4.32. The van der Waals surface area contributed by atoms with Crippen LogP contribution in [0.1, 0.15) is 12.8 Å². The van der Waals surface area contributed by atoms with E-state index >= 15 is 0 Å². The highest BCUT2D eigenvalue weighted by Crippen LogP contribution is 2.18. The largest absolute Gasteiger partial charge is 0.391 e. The molecule has 3 nitrogen and oxygen atoms in total. The summed E-state index contributed by atoms with van der Waals surface area (Å²) in [5, 5.41) is 3.20. The lowest BCUT2D eigenvalue weighted by Gasteiger charge is -2.26. The second kappa shape index (κ2) is 5.81. The third-order valence-electron chi connectivity index (χ3n) is 2.82. The first-order valence-electron chi connectivity index (χ1n) is 5.57. The van der Waals surface area contributed by atoms with Crippen molar-refractivity contribution in [3.05, 3.63) is 23.5 Å². The molecular formula is C12H23N3. The van der Waals surface area contributed by atoms with E-state index in [1.165, 1.54) is 11.4 Å². The van der Waals surface area contributed by atoms with Crippen LogP contribution in [0, 0.1) is 0 Å². The molecule has 1 rings (SSSR count). The maximum atomic E-state index is 3.20. The van der Waals surface area contributed by atoms with Crippen molar-refractivity contribution < 1.29 is 0 Å². The monoisotopic (exact) mass is 209 g/mol. The van der Waals surface area contributed by atoms with E-state index < -0.39 is 0 Å². The van der Waals surface area contributed by atoms with Gasteiger partial charge in [-0.2, -0.15) is 0 Å². The minimum absolute atomic E-state index is 1.10. The minimum Gasteiger partial charge on any atom is -0.391 e. The number of nitrogens with zero attached hydrogens (tertiary/aromatic N) is 2. The van der Waals surface area contributed by atoms with Crippen molar-refractivity contribution in [2.75, 3.05) is 41.3 Å². The Balaban J connectivity index is 2.44. The third-order valence-corrected chi connectivity index (χ3v) is 2.82. The van der Waals surface area contributed by atoms with E-state index in [4.69, 9.17) is 0 Å². The van der Waals surface area contributed by atoms with Crippen LogP contribution in [-0.2, 0) is 0 Å². The van der Waals surface area contributed by atoms with Crippen molar-refractivity contribution in [1.29, 1.82) is 0 Å². The summed E-state index contributed by atoms with van der Waals surface area (Å²) < 4.78 is 0. The molecule has 86 valence electrons. The molecule has 0 aromatic rings. The van der Waals surface area contributed by atoms with Crippen molar-refractivity contribution in [3.63, 3.8) is 0 Å². The lowest BCUT2D eigenvalue weighted by Crippen LogP contribution is -2.29. The Hall–Kier alpha value is -0.960. The van der Waals surface area contributed by atoms with Gasteiger partial charge in [0.25, 0.3) is 0 Å². The quantitative estimate of drug-likeness (QED) is 0.735. The van der Waals surface area contributed by atoms with Crippen LogP contribution in [0.15, 0.2) is 23.5 Å². The van der Waals surface area contributed by atoms with Crippen LogP contribution in [0.3, 0.4) is 0 Å². The molecule has 0 unspecified atom stereocenters. The fourth-order valence-electron chi connectivity index (χ4n) is 1.65. The summed E-state index contributed by atoms with van der Waals surface area (Å²) in [6, 6.07) is 0. The molecule has 0 saturated carbocycles. The molecule has 0 aliphatic heterocycles. The predicted molar refractivity (Wildman–Crippen MR) is 65.6 cm³/mol. The molecule has 0 bridgehead atoms. The first kappa shape index (κ1) is 12.1. The Labute approximate surface area is 93.4 Å². The smallest absolute Gasteiger partial charge is 0.0299 e. The Morgan fingerprint density at radius 2 is 1.87 bits per heavy atom. The molecule has 0 radical (unpaired) electrons. The molecule has 15 heavy (non-hydrogen) atoms. The summed E-state index contributed by atoms with van der Waals surface area (Å²) in [4.78, 5) is 4.57. The molecule has 0 spiro atoms. The van der Waals surface area contributed by atoms with Crippen molar-refractivity contribution in [2.24, 2.45) is 0 Å². The van der Waals surface area contributed by atoms with Crippen molar-refractivity contribution in [2.45, 2.75) is 12.8 Å². The van der Waals surface area contributed by atoms with Crippen molar-refractivity contribution in [1.82, 2.24) is 15.1 Å². The zero-order chi connectivity index (χ0) is 11.3. The molecule has 0 amide bonds. The standard InChI is InChI=1S/C12H23N3/c1-13-11-5-7-12(8-6-11)15(4)10-9-14(2)3/h5,7,13H,6,8-10H2,1-4H3. The van der Waals surface area contributed by atoms with Crippen LogP contribution in [-0.4, -0.2) is 51.1 Å². The summed E-state index contributed by atoms with van der Waals surface area (Å²) in [6.07, 6.45) is 6.70. The van der Waals surface area contributed by atoms with Crippen molar-refractivity contribution in [3.8, 4) is 0 Å². The lowest BCUT2D eigenvalue weighted by atomic mass is 10.1. The van der Waals surface area contributed by atoms with Crippen molar-refractivity contribution >= 4 is 0 Å². The number of nitrogens with one attached hydrogen (secondary N) is 1. The topological polar surface area (TPSA) is 18.5 Å². The average Bonchev–Trinajstić information content (AvgIpc) is 2.26. The van der Waals surface area contributed by atoms with Crippen LogP contribution in [0.25, 0.3) is 0 Å². The maximum Gasteiger partial charge on any atom is 0.0299 e. The average molecular weight is 209 g/mol. The maximum absolute atomic E-state index is 3.20. The Morgan fingerprint density at radius 1 is 1.13 bits per heavy atom. The lowest BCUT2D eigenvalue weighted by molar-refractivity contribution is 0.318. The number of hydrogen-bond donors (Lipinski definition) is 1. The molecule has 1 aliphatic rings. The zero-order valence-electron chi connectivity index (χ0n) is 10.4. The van der Waals surface area contributed by atoms with Gasteiger partial charge in [-0.3, -0.25) is 0 Å². The van der Waals surface area contributed by atoms with E-state index in [1.54, 1.807) is 0 Å². The first-order valence-corrected chi connectivity index (χ1v) is 5.57. The molecule has 0 atom stereocenters. The number of hydrogen-bond acceptors (Lipinski definition) is 3. The molecule has 3 heteroatoms.